The second-order valence-electron chi connectivity index (χ2n) is 7.54. The van der Waals surface area contributed by atoms with Crippen molar-refractivity contribution in [1.82, 2.24) is 24.7 Å². The van der Waals surface area contributed by atoms with Gasteiger partial charge in [-0.05, 0) is 12.1 Å². The zero-order chi connectivity index (χ0) is 19.3. The lowest BCUT2D eigenvalue weighted by atomic mass is 9.92. The van der Waals surface area contributed by atoms with Crippen LogP contribution in [0.4, 0.5) is 0 Å². The molecule has 7 heteroatoms. The minimum absolute atomic E-state index is 0.155. The molecule has 0 radical (unpaired) electrons. The van der Waals surface area contributed by atoms with Gasteiger partial charge in [0.2, 0.25) is 0 Å². The summed E-state index contributed by atoms with van der Waals surface area (Å²) in [5.74, 6) is 0.665. The molecule has 0 saturated heterocycles. The number of hydrogen-bond acceptors (Lipinski definition) is 3. The number of benzene rings is 1. The zero-order valence-electron chi connectivity index (χ0n) is 15.5. The fraction of sp³-hybridized carbons (Fsp3) is 0.250. The van der Waals surface area contributed by atoms with Gasteiger partial charge < -0.3 is 4.98 Å². The Labute approximate surface area is 167 Å². The predicted octanol–water partition coefficient (Wildman–Crippen LogP) is 5.63. The van der Waals surface area contributed by atoms with Gasteiger partial charge in [0.1, 0.15) is 5.69 Å². The molecule has 0 aliphatic heterocycles. The van der Waals surface area contributed by atoms with Crippen molar-refractivity contribution in [2.75, 3.05) is 0 Å². The molecule has 0 bridgehead atoms. The average Bonchev–Trinajstić information content (AvgIpc) is 3.14. The van der Waals surface area contributed by atoms with Crippen LogP contribution in [0.15, 0.2) is 36.5 Å². The Morgan fingerprint density at radius 2 is 1.85 bits per heavy atom. The molecule has 0 unspecified atom stereocenters. The molecule has 3 heterocycles. The van der Waals surface area contributed by atoms with Crippen molar-refractivity contribution in [2.45, 2.75) is 26.2 Å². The highest BCUT2D eigenvalue weighted by Crippen LogP contribution is 2.36. The van der Waals surface area contributed by atoms with E-state index in [0.717, 1.165) is 33.7 Å². The minimum atomic E-state index is -0.155. The summed E-state index contributed by atoms with van der Waals surface area (Å²) >= 11 is 12.9. The molecule has 4 rings (SSSR count). The number of aromatic nitrogens is 5. The first-order chi connectivity index (χ1) is 12.8. The quantitative estimate of drug-likeness (QED) is 0.474. The van der Waals surface area contributed by atoms with Gasteiger partial charge in [0.25, 0.3) is 0 Å². The Morgan fingerprint density at radius 1 is 1.11 bits per heavy atom. The summed E-state index contributed by atoms with van der Waals surface area (Å²) in [6.07, 6.45) is 1.76. The maximum Gasteiger partial charge on any atom is 0.158 e. The molecule has 138 valence electrons. The van der Waals surface area contributed by atoms with Crippen molar-refractivity contribution >= 4 is 34.2 Å². The molecular weight excluding hydrogens is 381 g/mol. The Balaban J connectivity index is 1.84. The predicted molar refractivity (Wildman–Crippen MR) is 110 cm³/mol. The molecule has 0 spiro atoms. The molecule has 1 aromatic carbocycles. The third-order valence-corrected chi connectivity index (χ3v) is 5.13. The largest absolute Gasteiger partial charge is 0.335 e. The van der Waals surface area contributed by atoms with Crippen molar-refractivity contribution in [3.05, 3.63) is 52.3 Å². The van der Waals surface area contributed by atoms with E-state index in [2.05, 4.69) is 35.8 Å². The summed E-state index contributed by atoms with van der Waals surface area (Å²) in [6.45, 7) is 6.26. The van der Waals surface area contributed by atoms with Gasteiger partial charge in [-0.15, -0.1) is 0 Å². The van der Waals surface area contributed by atoms with Gasteiger partial charge in [0.05, 0.1) is 33.6 Å². The second kappa shape index (κ2) is 6.36. The molecule has 3 aromatic heterocycles. The highest BCUT2D eigenvalue weighted by Gasteiger charge is 2.26. The summed E-state index contributed by atoms with van der Waals surface area (Å²) < 4.78 is 1.77. The van der Waals surface area contributed by atoms with Gasteiger partial charge in [-0.25, -0.2) is 4.98 Å². The number of aromatic amines is 1. The van der Waals surface area contributed by atoms with Crippen LogP contribution < -0.4 is 0 Å². The van der Waals surface area contributed by atoms with Gasteiger partial charge in [-0.1, -0.05) is 62.2 Å². The molecule has 1 N–H and O–H groups in total. The molecule has 27 heavy (non-hydrogen) atoms. The number of rotatable bonds is 2. The lowest BCUT2D eigenvalue weighted by molar-refractivity contribution is 0.553. The molecule has 0 aliphatic rings. The van der Waals surface area contributed by atoms with E-state index < -0.39 is 0 Å². The van der Waals surface area contributed by atoms with Crippen LogP contribution in [0.5, 0.6) is 0 Å². The minimum Gasteiger partial charge on any atom is -0.335 e. The van der Waals surface area contributed by atoms with E-state index in [4.69, 9.17) is 28.2 Å². The van der Waals surface area contributed by atoms with Crippen molar-refractivity contribution in [3.63, 3.8) is 0 Å². The van der Waals surface area contributed by atoms with E-state index in [9.17, 15) is 0 Å². The number of nitrogens with zero attached hydrogens (tertiary/aromatic N) is 4. The summed E-state index contributed by atoms with van der Waals surface area (Å²) in [5.41, 5.74) is 4.73. The Bertz CT molecular complexity index is 1150. The molecule has 0 aliphatic carbocycles. The number of pyridine rings is 1. The first kappa shape index (κ1) is 18.0. The highest BCUT2D eigenvalue weighted by atomic mass is 35.5. The van der Waals surface area contributed by atoms with Gasteiger partial charge in [-0.3, -0.25) is 9.67 Å². The lowest BCUT2D eigenvalue weighted by Crippen LogP contribution is -2.12. The lowest BCUT2D eigenvalue weighted by Gasteiger charge is -2.15. The van der Waals surface area contributed by atoms with Crippen LogP contribution in [0.1, 0.15) is 26.5 Å². The van der Waals surface area contributed by atoms with Crippen molar-refractivity contribution < 1.29 is 0 Å². The average molecular weight is 400 g/mol. The summed E-state index contributed by atoms with van der Waals surface area (Å²) in [5, 5.41) is 5.87. The maximum atomic E-state index is 6.65. The van der Waals surface area contributed by atoms with Crippen molar-refractivity contribution in [3.8, 4) is 22.8 Å². The number of hydrogen-bond donors (Lipinski definition) is 1. The van der Waals surface area contributed by atoms with Gasteiger partial charge in [-0.2, -0.15) is 5.10 Å². The van der Waals surface area contributed by atoms with E-state index in [-0.39, 0.29) is 5.41 Å². The molecule has 5 nitrogen and oxygen atoms in total. The van der Waals surface area contributed by atoms with E-state index in [1.807, 2.05) is 37.4 Å². The summed E-state index contributed by atoms with van der Waals surface area (Å²) in [7, 11) is 1.87. The Morgan fingerprint density at radius 3 is 2.52 bits per heavy atom. The number of aryl methyl sites for hydroxylation is 1. The van der Waals surface area contributed by atoms with E-state index in [1.165, 1.54) is 0 Å². The smallest absolute Gasteiger partial charge is 0.158 e. The Kier molecular flexibility index (Phi) is 4.24. The van der Waals surface area contributed by atoms with Gasteiger partial charge in [0.15, 0.2) is 5.82 Å². The second-order valence-corrected chi connectivity index (χ2v) is 8.32. The molecule has 4 aromatic rings. The fourth-order valence-corrected chi connectivity index (χ4v) is 3.84. The zero-order valence-corrected chi connectivity index (χ0v) is 17.0. The number of halogens is 2. The molecular formula is C20H19Cl2N5. The summed E-state index contributed by atoms with van der Waals surface area (Å²) in [4.78, 5) is 12.6. The van der Waals surface area contributed by atoms with Crippen LogP contribution in [-0.4, -0.2) is 24.7 Å². The summed E-state index contributed by atoms with van der Waals surface area (Å²) in [6, 6.07) is 9.55. The standard InChI is InChI=1S/C20H19Cl2N5/c1-20(2,3)18-16(22)17(27(4)26-18)19-24-14-9-13(23-10-15(14)25-19)11-7-5-6-8-12(11)21/h5-10H,1-4H3,(H,24,25). The highest BCUT2D eigenvalue weighted by molar-refractivity contribution is 6.34. The first-order valence-corrected chi connectivity index (χ1v) is 9.35. The van der Waals surface area contributed by atoms with Crippen LogP contribution >= 0.6 is 23.2 Å². The number of H-pyrrole nitrogens is 1. The van der Waals surface area contributed by atoms with Crippen molar-refractivity contribution in [1.29, 1.82) is 0 Å². The molecule has 0 saturated carbocycles. The fourth-order valence-electron chi connectivity index (χ4n) is 3.07. The third-order valence-electron chi connectivity index (χ3n) is 4.44. The maximum absolute atomic E-state index is 6.65. The molecule has 0 amide bonds. The number of fused-ring (bicyclic) bond motifs is 1. The van der Waals surface area contributed by atoms with E-state index >= 15 is 0 Å². The van der Waals surface area contributed by atoms with Gasteiger partial charge >= 0.3 is 0 Å². The number of nitrogens with one attached hydrogen (secondary N) is 1. The third kappa shape index (κ3) is 3.11. The normalized spacial score (nSPS) is 12.1. The monoisotopic (exact) mass is 399 g/mol. The molecule has 0 atom stereocenters. The van der Waals surface area contributed by atoms with E-state index in [1.54, 1.807) is 10.9 Å². The topological polar surface area (TPSA) is 59.4 Å². The molecule has 0 fully saturated rings. The van der Waals surface area contributed by atoms with Gasteiger partial charge in [0, 0.05) is 23.0 Å². The van der Waals surface area contributed by atoms with Crippen LogP contribution in [0, 0.1) is 0 Å². The van der Waals surface area contributed by atoms with E-state index in [0.29, 0.717) is 15.9 Å². The first-order valence-electron chi connectivity index (χ1n) is 8.59. The number of imidazole rings is 1. The SMILES string of the molecule is Cn1nc(C(C)(C)C)c(Cl)c1-c1nc2cc(-c3ccccc3Cl)ncc2[nH]1. The Hall–Kier alpha value is -2.37. The van der Waals surface area contributed by atoms with Crippen LogP contribution in [0.3, 0.4) is 0 Å². The van der Waals surface area contributed by atoms with Crippen LogP contribution in [0.2, 0.25) is 10.0 Å². The van der Waals surface area contributed by atoms with Crippen LogP contribution in [0.25, 0.3) is 33.8 Å². The van der Waals surface area contributed by atoms with Crippen LogP contribution in [-0.2, 0) is 12.5 Å². The van der Waals surface area contributed by atoms with Crippen molar-refractivity contribution in [2.24, 2.45) is 7.05 Å².